The number of halogens is 2. The Morgan fingerprint density at radius 3 is 1.27 bits per heavy atom. The molecule has 0 aliphatic rings. The molecule has 4 N–H and O–H groups in total. The molecular weight excluding hydrogens is 423 g/mol. The van der Waals surface area contributed by atoms with Crippen LogP contribution in [0.5, 0.6) is 0 Å². The minimum absolute atomic E-state index is 0.0140. The predicted molar refractivity (Wildman–Crippen MR) is 114 cm³/mol. The first-order chi connectivity index (χ1) is 14.5. The van der Waals surface area contributed by atoms with Crippen LogP contribution in [-0.2, 0) is 0 Å². The monoisotopic (exact) mass is 438 g/mol. The number of nitrogens with zero attached hydrogens (tertiary/aromatic N) is 6. The molecule has 0 spiro atoms. The normalized spacial score (nSPS) is 13.1. The highest BCUT2D eigenvalue weighted by molar-refractivity contribution is 6.28. The van der Waals surface area contributed by atoms with Crippen LogP contribution in [0.2, 0.25) is 10.6 Å². The maximum Gasteiger partial charge on any atom is 0.226 e. The molecule has 0 saturated heterocycles. The highest BCUT2D eigenvalue weighted by Crippen LogP contribution is 2.25. The van der Waals surface area contributed by atoms with Crippen LogP contribution in [0.1, 0.15) is 23.7 Å². The molecule has 2 unspecified atom stereocenters. The van der Waals surface area contributed by atoms with E-state index >= 15 is 0 Å². The molecule has 2 aromatic heterocycles. The lowest BCUT2D eigenvalue weighted by molar-refractivity contribution is 0.517. The van der Waals surface area contributed by atoms with Gasteiger partial charge in [0.05, 0.1) is 12.1 Å². The number of hydrogen-bond donors (Lipinski definition) is 2. The van der Waals surface area contributed by atoms with Crippen LogP contribution in [0, 0.1) is 0 Å². The SMILES string of the molecule is NC(c1nc(Cl)nc(-c2ccccc2)n1)C(N)c1nc(Cl)nc(-c2ccccc2)n1. The summed E-state index contributed by atoms with van der Waals surface area (Å²) in [6.45, 7) is 0. The molecule has 4 aromatic rings. The van der Waals surface area contributed by atoms with Gasteiger partial charge < -0.3 is 11.5 Å². The molecule has 0 radical (unpaired) electrons. The second-order valence-corrected chi connectivity index (χ2v) is 7.03. The molecule has 2 aromatic carbocycles. The minimum Gasteiger partial charge on any atom is -0.320 e. The summed E-state index contributed by atoms with van der Waals surface area (Å²) >= 11 is 12.2. The van der Waals surface area contributed by atoms with Crippen molar-refractivity contribution >= 4 is 23.2 Å². The van der Waals surface area contributed by atoms with Gasteiger partial charge in [-0.25, -0.2) is 19.9 Å². The Labute approximate surface area is 182 Å². The molecule has 10 heteroatoms. The van der Waals surface area contributed by atoms with E-state index < -0.39 is 12.1 Å². The van der Waals surface area contributed by atoms with Crippen LogP contribution in [0.3, 0.4) is 0 Å². The van der Waals surface area contributed by atoms with Crippen molar-refractivity contribution in [2.24, 2.45) is 11.5 Å². The van der Waals surface area contributed by atoms with E-state index in [4.69, 9.17) is 34.7 Å². The van der Waals surface area contributed by atoms with Gasteiger partial charge in [0.15, 0.2) is 23.3 Å². The van der Waals surface area contributed by atoms with Crippen molar-refractivity contribution in [3.63, 3.8) is 0 Å². The molecule has 8 nitrogen and oxygen atoms in total. The van der Waals surface area contributed by atoms with E-state index in [0.29, 0.717) is 11.6 Å². The lowest BCUT2D eigenvalue weighted by atomic mass is 10.1. The molecule has 0 saturated carbocycles. The second kappa shape index (κ2) is 8.76. The third kappa shape index (κ3) is 4.42. The molecule has 0 fully saturated rings. The summed E-state index contributed by atoms with van der Waals surface area (Å²) in [4.78, 5) is 25.5. The minimum atomic E-state index is -0.852. The Bertz CT molecular complexity index is 1070. The van der Waals surface area contributed by atoms with Gasteiger partial charge in [-0.15, -0.1) is 0 Å². The summed E-state index contributed by atoms with van der Waals surface area (Å²) in [5, 5.41) is 0.0281. The van der Waals surface area contributed by atoms with Gasteiger partial charge in [-0.2, -0.15) is 9.97 Å². The van der Waals surface area contributed by atoms with Crippen LogP contribution in [0.25, 0.3) is 22.8 Å². The van der Waals surface area contributed by atoms with Crippen molar-refractivity contribution in [3.8, 4) is 22.8 Å². The highest BCUT2D eigenvalue weighted by Gasteiger charge is 2.25. The Balaban J connectivity index is 1.68. The molecule has 2 heterocycles. The third-order valence-corrected chi connectivity index (χ3v) is 4.64. The van der Waals surface area contributed by atoms with Crippen LogP contribution in [0.4, 0.5) is 0 Å². The Morgan fingerprint density at radius 1 is 0.533 bits per heavy atom. The number of aromatic nitrogens is 6. The summed E-state index contributed by atoms with van der Waals surface area (Å²) < 4.78 is 0. The van der Waals surface area contributed by atoms with Gasteiger partial charge in [0.1, 0.15) is 0 Å². The van der Waals surface area contributed by atoms with Crippen molar-refractivity contribution < 1.29 is 0 Å². The van der Waals surface area contributed by atoms with Gasteiger partial charge in [0.2, 0.25) is 10.6 Å². The Kier molecular flexibility index (Phi) is 5.91. The van der Waals surface area contributed by atoms with Crippen LogP contribution in [0.15, 0.2) is 60.7 Å². The molecular formula is C20H16Cl2N8. The van der Waals surface area contributed by atoms with Gasteiger partial charge in [0, 0.05) is 11.1 Å². The highest BCUT2D eigenvalue weighted by atomic mass is 35.5. The first-order valence-corrected chi connectivity index (χ1v) is 9.72. The van der Waals surface area contributed by atoms with Gasteiger partial charge in [-0.3, -0.25) is 0 Å². The topological polar surface area (TPSA) is 129 Å². The summed E-state index contributed by atoms with van der Waals surface area (Å²) in [7, 11) is 0. The van der Waals surface area contributed by atoms with Crippen LogP contribution >= 0.6 is 23.2 Å². The first-order valence-electron chi connectivity index (χ1n) is 8.96. The Hall–Kier alpha value is -3.04. The number of rotatable bonds is 5. The molecule has 2 atom stereocenters. The first kappa shape index (κ1) is 20.2. The van der Waals surface area contributed by atoms with Crippen molar-refractivity contribution in [1.29, 1.82) is 0 Å². The largest absolute Gasteiger partial charge is 0.320 e. The molecule has 30 heavy (non-hydrogen) atoms. The molecule has 0 aliphatic heterocycles. The summed E-state index contributed by atoms with van der Waals surface area (Å²) in [6.07, 6.45) is 0. The molecule has 150 valence electrons. The molecule has 0 aliphatic carbocycles. The average Bonchev–Trinajstić information content (AvgIpc) is 2.78. The molecule has 4 rings (SSSR count). The van der Waals surface area contributed by atoms with Crippen molar-refractivity contribution in [2.45, 2.75) is 12.1 Å². The maximum absolute atomic E-state index is 6.35. The lowest BCUT2D eigenvalue weighted by Gasteiger charge is -2.18. The van der Waals surface area contributed by atoms with Crippen molar-refractivity contribution in [1.82, 2.24) is 29.9 Å². The smallest absolute Gasteiger partial charge is 0.226 e. The fraction of sp³-hybridized carbons (Fsp3) is 0.100. The van der Waals surface area contributed by atoms with E-state index in [2.05, 4.69) is 29.9 Å². The predicted octanol–water partition coefficient (Wildman–Crippen LogP) is 3.40. The second-order valence-electron chi connectivity index (χ2n) is 6.36. The standard InChI is InChI=1S/C20H16Cl2N8/c21-19-27-15(11-7-3-1-4-8-11)25-17(29-19)13(23)14(24)18-26-16(28-20(22)30-18)12-9-5-2-6-10-12/h1-10,13-14H,23-24H2. The number of nitrogens with two attached hydrogens (primary N) is 2. The van der Waals surface area contributed by atoms with Gasteiger partial charge >= 0.3 is 0 Å². The average molecular weight is 439 g/mol. The van der Waals surface area contributed by atoms with E-state index in [1.165, 1.54) is 0 Å². The Morgan fingerprint density at radius 2 is 0.900 bits per heavy atom. The van der Waals surface area contributed by atoms with E-state index in [-0.39, 0.29) is 22.2 Å². The van der Waals surface area contributed by atoms with Crippen molar-refractivity contribution in [2.75, 3.05) is 0 Å². The number of hydrogen-bond acceptors (Lipinski definition) is 8. The zero-order valence-electron chi connectivity index (χ0n) is 15.5. The molecule has 0 bridgehead atoms. The van der Waals surface area contributed by atoms with Gasteiger partial charge in [0.25, 0.3) is 0 Å². The van der Waals surface area contributed by atoms with E-state index in [9.17, 15) is 0 Å². The van der Waals surface area contributed by atoms with Gasteiger partial charge in [-0.05, 0) is 23.2 Å². The van der Waals surface area contributed by atoms with Crippen LogP contribution in [-0.4, -0.2) is 29.9 Å². The van der Waals surface area contributed by atoms with E-state index in [0.717, 1.165) is 11.1 Å². The fourth-order valence-electron chi connectivity index (χ4n) is 2.78. The van der Waals surface area contributed by atoms with E-state index in [1.807, 2.05) is 60.7 Å². The summed E-state index contributed by atoms with van der Waals surface area (Å²) in [5.41, 5.74) is 14.2. The zero-order valence-corrected chi connectivity index (χ0v) is 17.0. The fourth-order valence-corrected chi connectivity index (χ4v) is 3.12. The van der Waals surface area contributed by atoms with E-state index in [1.54, 1.807) is 0 Å². The summed E-state index contributed by atoms with van der Waals surface area (Å²) in [6, 6.07) is 17.0. The quantitative estimate of drug-likeness (QED) is 0.484. The zero-order chi connectivity index (χ0) is 21.1. The van der Waals surface area contributed by atoms with Crippen molar-refractivity contribution in [3.05, 3.63) is 82.9 Å². The lowest BCUT2D eigenvalue weighted by Crippen LogP contribution is -2.30. The number of benzene rings is 2. The van der Waals surface area contributed by atoms with Crippen LogP contribution < -0.4 is 11.5 Å². The third-order valence-electron chi connectivity index (χ3n) is 4.30. The van der Waals surface area contributed by atoms with Gasteiger partial charge in [-0.1, -0.05) is 60.7 Å². The summed E-state index contributed by atoms with van der Waals surface area (Å²) in [5.74, 6) is 1.23. The maximum atomic E-state index is 6.35. The molecule has 0 amide bonds.